The van der Waals surface area contributed by atoms with Gasteiger partial charge in [-0.3, -0.25) is 0 Å². The van der Waals surface area contributed by atoms with Crippen LogP contribution in [0, 0.1) is 22.7 Å². The van der Waals surface area contributed by atoms with Crippen molar-refractivity contribution in [3.63, 3.8) is 0 Å². The van der Waals surface area contributed by atoms with Crippen LogP contribution in [-0.4, -0.2) is 50.8 Å². The maximum absolute atomic E-state index is 12.4. The molecule has 0 radical (unpaired) electrons. The first-order valence-electron chi connectivity index (χ1n) is 12.5. The summed E-state index contributed by atoms with van der Waals surface area (Å²) in [6, 6.07) is 27.5. The SMILES string of the molecule is CCOC(=O)/C(C#N)=C(/C#N)c1ccc(N(CCOC(=O)c2ccccc2)CCOC(=O)c2ccccc2)cc1. The predicted molar refractivity (Wildman–Crippen MR) is 147 cm³/mol. The fraction of sp³-hybridized carbons (Fsp3) is 0.194. The van der Waals surface area contributed by atoms with Gasteiger partial charge in [-0.05, 0) is 48.9 Å². The largest absolute Gasteiger partial charge is 0.462 e. The second-order valence-electron chi connectivity index (χ2n) is 8.23. The van der Waals surface area contributed by atoms with Gasteiger partial charge in [-0.15, -0.1) is 0 Å². The highest BCUT2D eigenvalue weighted by Gasteiger charge is 2.19. The van der Waals surface area contributed by atoms with E-state index in [0.29, 0.717) is 22.4 Å². The Morgan fingerprint density at radius 1 is 0.675 bits per heavy atom. The molecule has 0 spiro atoms. The Balaban J connectivity index is 1.75. The number of hydrogen-bond acceptors (Lipinski definition) is 9. The minimum Gasteiger partial charge on any atom is -0.462 e. The third-order valence-corrected chi connectivity index (χ3v) is 5.68. The second kappa shape index (κ2) is 15.1. The Morgan fingerprint density at radius 3 is 1.60 bits per heavy atom. The molecule has 0 aliphatic heterocycles. The molecule has 0 saturated carbocycles. The Kier molecular flexibility index (Phi) is 11.0. The molecule has 0 heterocycles. The van der Waals surface area contributed by atoms with Crippen LogP contribution in [0.2, 0.25) is 0 Å². The van der Waals surface area contributed by atoms with Gasteiger partial charge in [0.15, 0.2) is 5.57 Å². The van der Waals surface area contributed by atoms with Crippen LogP contribution in [-0.2, 0) is 19.0 Å². The van der Waals surface area contributed by atoms with Gasteiger partial charge in [0, 0.05) is 5.69 Å². The van der Waals surface area contributed by atoms with E-state index in [2.05, 4.69) is 0 Å². The molecule has 3 aromatic carbocycles. The average molecular weight is 538 g/mol. The molecule has 0 aromatic heterocycles. The van der Waals surface area contributed by atoms with E-state index in [1.807, 2.05) is 11.0 Å². The molecular formula is C31H27N3O6. The first kappa shape index (κ1) is 29.2. The molecule has 0 aliphatic carbocycles. The molecule has 0 fully saturated rings. The summed E-state index contributed by atoms with van der Waals surface area (Å²) in [6.45, 7) is 2.37. The number of carbonyl (C=O) groups excluding carboxylic acids is 3. The number of esters is 3. The van der Waals surface area contributed by atoms with Crippen LogP contribution in [0.4, 0.5) is 5.69 Å². The topological polar surface area (TPSA) is 130 Å². The van der Waals surface area contributed by atoms with E-state index in [9.17, 15) is 24.9 Å². The number of ether oxygens (including phenoxy) is 3. The number of hydrogen-bond donors (Lipinski definition) is 0. The Labute approximate surface area is 232 Å². The molecule has 202 valence electrons. The number of carbonyl (C=O) groups is 3. The smallest absolute Gasteiger partial charge is 0.350 e. The lowest BCUT2D eigenvalue weighted by Crippen LogP contribution is -2.32. The maximum Gasteiger partial charge on any atom is 0.350 e. The second-order valence-corrected chi connectivity index (χ2v) is 8.23. The first-order chi connectivity index (χ1) is 19.5. The van der Waals surface area contributed by atoms with E-state index >= 15 is 0 Å². The van der Waals surface area contributed by atoms with E-state index in [-0.39, 0.29) is 44.1 Å². The van der Waals surface area contributed by atoms with Gasteiger partial charge in [-0.25, -0.2) is 14.4 Å². The van der Waals surface area contributed by atoms with Crippen molar-refractivity contribution in [2.24, 2.45) is 0 Å². The van der Waals surface area contributed by atoms with Crippen LogP contribution < -0.4 is 4.90 Å². The molecule has 0 bridgehead atoms. The van der Waals surface area contributed by atoms with Gasteiger partial charge in [0.05, 0.1) is 36.4 Å². The minimum atomic E-state index is -0.868. The summed E-state index contributed by atoms with van der Waals surface area (Å²) < 4.78 is 15.7. The molecule has 0 saturated heterocycles. The lowest BCUT2D eigenvalue weighted by Gasteiger charge is -2.25. The molecular weight excluding hydrogens is 510 g/mol. The fourth-order valence-electron chi connectivity index (χ4n) is 3.69. The quantitative estimate of drug-likeness (QED) is 0.141. The van der Waals surface area contributed by atoms with Crippen LogP contribution in [0.15, 0.2) is 90.5 Å². The lowest BCUT2D eigenvalue weighted by molar-refractivity contribution is -0.137. The molecule has 0 unspecified atom stereocenters. The highest BCUT2D eigenvalue weighted by molar-refractivity contribution is 6.04. The summed E-state index contributed by atoms with van der Waals surface area (Å²) in [5.74, 6) is -1.79. The molecule has 3 aromatic rings. The molecule has 0 amide bonds. The zero-order chi connectivity index (χ0) is 28.7. The number of nitrogens with zero attached hydrogens (tertiary/aromatic N) is 3. The van der Waals surface area contributed by atoms with Gasteiger partial charge in [0.1, 0.15) is 25.4 Å². The predicted octanol–water partition coefficient (Wildman–Crippen LogP) is 4.57. The highest BCUT2D eigenvalue weighted by atomic mass is 16.5. The number of benzene rings is 3. The number of allylic oxidation sites excluding steroid dienone is 1. The maximum atomic E-state index is 12.4. The van der Waals surface area contributed by atoms with Gasteiger partial charge in [0.25, 0.3) is 0 Å². The zero-order valence-electron chi connectivity index (χ0n) is 21.9. The van der Waals surface area contributed by atoms with Crippen LogP contribution in [0.25, 0.3) is 5.57 Å². The highest BCUT2D eigenvalue weighted by Crippen LogP contribution is 2.23. The van der Waals surface area contributed by atoms with Crippen molar-refractivity contribution in [3.8, 4) is 12.1 Å². The Hall–Kier alpha value is -5.41. The monoisotopic (exact) mass is 537 g/mol. The van der Waals surface area contributed by atoms with Crippen LogP contribution in [0.3, 0.4) is 0 Å². The van der Waals surface area contributed by atoms with Gasteiger partial charge < -0.3 is 19.1 Å². The van der Waals surface area contributed by atoms with E-state index in [1.165, 1.54) is 0 Å². The number of nitriles is 2. The summed E-state index contributed by atoms with van der Waals surface area (Å²) in [5.41, 5.74) is 1.42. The average Bonchev–Trinajstić information content (AvgIpc) is 3.00. The van der Waals surface area contributed by atoms with Crippen molar-refractivity contribution >= 4 is 29.2 Å². The summed E-state index contributed by atoms with van der Waals surface area (Å²) in [4.78, 5) is 38.7. The molecule has 3 rings (SSSR count). The summed E-state index contributed by atoms with van der Waals surface area (Å²) in [5, 5.41) is 19.1. The minimum absolute atomic E-state index is 0.0624. The Morgan fingerprint density at radius 2 is 1.18 bits per heavy atom. The van der Waals surface area contributed by atoms with Gasteiger partial charge in [0.2, 0.25) is 0 Å². The molecule has 0 aliphatic rings. The molecule has 9 nitrogen and oxygen atoms in total. The van der Waals surface area contributed by atoms with Crippen molar-refractivity contribution in [3.05, 3.63) is 107 Å². The van der Waals surface area contributed by atoms with Crippen molar-refractivity contribution < 1.29 is 28.6 Å². The van der Waals surface area contributed by atoms with Crippen molar-refractivity contribution in [2.45, 2.75) is 6.92 Å². The van der Waals surface area contributed by atoms with Gasteiger partial charge in [-0.1, -0.05) is 48.5 Å². The molecule has 40 heavy (non-hydrogen) atoms. The van der Waals surface area contributed by atoms with E-state index in [1.54, 1.807) is 97.9 Å². The molecule has 0 atom stereocenters. The molecule has 9 heteroatoms. The third-order valence-electron chi connectivity index (χ3n) is 5.68. The summed E-state index contributed by atoms with van der Waals surface area (Å²) in [6.07, 6.45) is 0. The number of anilines is 1. The van der Waals surface area contributed by atoms with E-state index in [4.69, 9.17) is 14.2 Å². The number of rotatable bonds is 12. The first-order valence-corrected chi connectivity index (χ1v) is 12.5. The van der Waals surface area contributed by atoms with Crippen LogP contribution >= 0.6 is 0 Å². The summed E-state index contributed by atoms with van der Waals surface area (Å²) >= 11 is 0. The third kappa shape index (κ3) is 8.04. The van der Waals surface area contributed by atoms with Gasteiger partial charge in [-0.2, -0.15) is 10.5 Å². The summed E-state index contributed by atoms with van der Waals surface area (Å²) in [7, 11) is 0. The lowest BCUT2D eigenvalue weighted by atomic mass is 10.0. The standard InChI is InChI=1S/C31H27N3O6/c1-2-38-31(37)28(22-33)27(21-32)23-13-15-26(16-14-23)34(17-19-39-29(35)24-9-5-3-6-10-24)18-20-40-30(36)25-11-7-4-8-12-25/h3-16H,2,17-20H2,1H3/b28-27-. The van der Waals surface area contributed by atoms with Gasteiger partial charge >= 0.3 is 17.9 Å². The molecule has 0 N–H and O–H groups in total. The van der Waals surface area contributed by atoms with E-state index in [0.717, 1.165) is 0 Å². The fourth-order valence-corrected chi connectivity index (χ4v) is 3.69. The van der Waals surface area contributed by atoms with Crippen molar-refractivity contribution in [1.29, 1.82) is 10.5 Å². The van der Waals surface area contributed by atoms with Crippen LogP contribution in [0.5, 0.6) is 0 Å². The van der Waals surface area contributed by atoms with Crippen LogP contribution in [0.1, 0.15) is 33.2 Å². The normalized spacial score (nSPS) is 10.8. The van der Waals surface area contributed by atoms with Crippen molar-refractivity contribution in [2.75, 3.05) is 37.8 Å². The van der Waals surface area contributed by atoms with Crippen molar-refractivity contribution in [1.82, 2.24) is 0 Å². The zero-order valence-corrected chi connectivity index (χ0v) is 21.9. The Bertz CT molecular complexity index is 1360. The van der Waals surface area contributed by atoms with E-state index < -0.39 is 17.9 Å².